The lowest BCUT2D eigenvalue weighted by Gasteiger charge is -2.34. The molecule has 8 nitrogen and oxygen atoms in total. The van der Waals surface area contributed by atoms with E-state index in [1.54, 1.807) is 26.0 Å². The number of fused-ring (bicyclic) bond motifs is 2. The van der Waals surface area contributed by atoms with Crippen LogP contribution in [0.3, 0.4) is 0 Å². The zero-order valence-corrected chi connectivity index (χ0v) is 29.5. The molecule has 0 atom stereocenters. The topological polar surface area (TPSA) is 97.3 Å². The van der Waals surface area contributed by atoms with E-state index in [2.05, 4.69) is 65.8 Å². The van der Waals surface area contributed by atoms with Gasteiger partial charge in [0, 0.05) is 23.8 Å². The van der Waals surface area contributed by atoms with Crippen LogP contribution in [0.1, 0.15) is 120 Å². The molecule has 0 spiro atoms. The predicted octanol–water partition coefficient (Wildman–Crippen LogP) is 8.58. The molecule has 0 aliphatic carbocycles. The highest BCUT2D eigenvalue weighted by atomic mass is 16.5. The van der Waals surface area contributed by atoms with Crippen molar-refractivity contribution >= 4 is 11.9 Å². The Kier molecular flexibility index (Phi) is 10.5. The molecule has 0 saturated carbocycles. The fourth-order valence-electron chi connectivity index (χ4n) is 6.39. The normalized spacial score (nSPS) is 15.7. The molecule has 4 aromatic rings. The molecular formula is C40H48O8. The van der Waals surface area contributed by atoms with Gasteiger partial charge < -0.3 is 27.8 Å². The summed E-state index contributed by atoms with van der Waals surface area (Å²) in [6.07, 6.45) is 2.30. The molecule has 0 N–H and O–H groups in total. The molecule has 0 radical (unpaired) electrons. The first-order valence-electron chi connectivity index (χ1n) is 16.8. The van der Waals surface area contributed by atoms with E-state index in [0.29, 0.717) is 32.7 Å². The number of rotatable bonds is 8. The minimum Gasteiger partial charge on any atom is -0.493 e. The summed E-state index contributed by atoms with van der Waals surface area (Å²) in [5.74, 6) is 2.19. The number of furan rings is 2. The van der Waals surface area contributed by atoms with Crippen LogP contribution in [-0.4, -0.2) is 38.4 Å². The van der Waals surface area contributed by atoms with Crippen molar-refractivity contribution in [1.82, 2.24) is 0 Å². The SMILES string of the molecule is CCOC(=O)c1ccc(Cc2c(C)ccc3c2COCC3(C)C)o1.CCOC(=O)c1ccc(Cc2cc3c(cc2C)OCCC3(C)C)o1. The Bertz CT molecular complexity index is 1760. The van der Waals surface area contributed by atoms with Crippen LogP contribution in [0, 0.1) is 13.8 Å². The molecule has 8 heteroatoms. The molecule has 0 fully saturated rings. The van der Waals surface area contributed by atoms with Gasteiger partial charge in [-0.1, -0.05) is 45.9 Å². The highest BCUT2D eigenvalue weighted by molar-refractivity contribution is 5.86. The highest BCUT2D eigenvalue weighted by Gasteiger charge is 2.31. The summed E-state index contributed by atoms with van der Waals surface area (Å²) < 4.78 is 32.9. The summed E-state index contributed by atoms with van der Waals surface area (Å²) in [6.45, 7) is 19.5. The number of carbonyl (C=O) groups is 2. The number of benzene rings is 2. The van der Waals surface area contributed by atoms with Crippen LogP contribution in [0.5, 0.6) is 5.75 Å². The van der Waals surface area contributed by atoms with Gasteiger partial charge in [-0.3, -0.25) is 0 Å². The van der Waals surface area contributed by atoms with E-state index in [9.17, 15) is 9.59 Å². The summed E-state index contributed by atoms with van der Waals surface area (Å²) in [5.41, 5.74) is 8.75. The first-order valence-corrected chi connectivity index (χ1v) is 16.8. The Balaban J connectivity index is 0.000000188. The van der Waals surface area contributed by atoms with Crippen molar-refractivity contribution in [3.63, 3.8) is 0 Å². The highest BCUT2D eigenvalue weighted by Crippen LogP contribution is 2.40. The molecule has 4 heterocycles. The van der Waals surface area contributed by atoms with Crippen LogP contribution < -0.4 is 4.74 Å². The maximum atomic E-state index is 11.8. The van der Waals surface area contributed by atoms with Gasteiger partial charge in [0.2, 0.25) is 11.5 Å². The van der Waals surface area contributed by atoms with Gasteiger partial charge in [-0.2, -0.15) is 0 Å². The molecule has 48 heavy (non-hydrogen) atoms. The summed E-state index contributed by atoms with van der Waals surface area (Å²) in [4.78, 5) is 23.5. The molecule has 2 aliphatic rings. The van der Waals surface area contributed by atoms with Crippen LogP contribution in [-0.2, 0) is 44.5 Å². The zero-order valence-electron chi connectivity index (χ0n) is 29.5. The molecule has 2 aromatic carbocycles. The number of hydrogen-bond acceptors (Lipinski definition) is 8. The standard InChI is InChI=1S/2C20H24O4/c1-5-23-19(21)18-9-7-14(24-18)10-15-13(2)6-8-17-16(15)11-22-12-20(17,3)4;1-5-22-19(21)17-7-6-15(24-17)11-14-12-16-18(10-13(14)2)23-9-8-20(16,3)4/h6-9H,5,10-12H2,1-4H3;6-7,10,12H,5,8-9,11H2,1-4H3. The van der Waals surface area contributed by atoms with E-state index >= 15 is 0 Å². The third kappa shape index (κ3) is 7.70. The molecule has 6 rings (SSSR count). The molecule has 0 unspecified atom stereocenters. The van der Waals surface area contributed by atoms with Crippen molar-refractivity contribution in [2.45, 2.75) is 92.1 Å². The quantitative estimate of drug-likeness (QED) is 0.174. The van der Waals surface area contributed by atoms with Gasteiger partial charge in [0.05, 0.1) is 33.0 Å². The second-order valence-corrected chi connectivity index (χ2v) is 13.8. The second-order valence-electron chi connectivity index (χ2n) is 13.8. The summed E-state index contributed by atoms with van der Waals surface area (Å²) in [5, 5.41) is 0. The van der Waals surface area contributed by atoms with E-state index in [1.807, 2.05) is 12.1 Å². The maximum absolute atomic E-state index is 11.8. The predicted molar refractivity (Wildman–Crippen MR) is 183 cm³/mol. The smallest absolute Gasteiger partial charge is 0.374 e. The van der Waals surface area contributed by atoms with Gasteiger partial charge >= 0.3 is 11.9 Å². The number of aryl methyl sites for hydroxylation is 2. The maximum Gasteiger partial charge on any atom is 0.374 e. The van der Waals surface area contributed by atoms with Crippen LogP contribution in [0.4, 0.5) is 0 Å². The van der Waals surface area contributed by atoms with Crippen molar-refractivity contribution in [3.05, 3.63) is 111 Å². The summed E-state index contributed by atoms with van der Waals surface area (Å²) in [7, 11) is 0. The number of carbonyl (C=O) groups excluding carboxylic acids is 2. The fourth-order valence-corrected chi connectivity index (χ4v) is 6.39. The minimum atomic E-state index is -0.417. The monoisotopic (exact) mass is 656 g/mol. The van der Waals surface area contributed by atoms with Crippen molar-refractivity contribution < 1.29 is 37.4 Å². The lowest BCUT2D eigenvalue weighted by atomic mass is 9.78. The molecular weight excluding hydrogens is 608 g/mol. The third-order valence-electron chi connectivity index (χ3n) is 9.25. The van der Waals surface area contributed by atoms with E-state index in [1.165, 1.54) is 38.9 Å². The van der Waals surface area contributed by atoms with E-state index < -0.39 is 11.9 Å². The van der Waals surface area contributed by atoms with Gasteiger partial charge in [0.1, 0.15) is 17.3 Å². The average Bonchev–Trinajstić information content (AvgIpc) is 3.70. The molecule has 0 saturated heterocycles. The molecule has 2 aliphatic heterocycles. The molecule has 0 bridgehead atoms. The zero-order chi connectivity index (χ0) is 34.6. The van der Waals surface area contributed by atoms with Crippen LogP contribution in [0.25, 0.3) is 0 Å². The van der Waals surface area contributed by atoms with Crippen LogP contribution >= 0.6 is 0 Å². The summed E-state index contributed by atoms with van der Waals surface area (Å²) >= 11 is 0. The van der Waals surface area contributed by atoms with Gasteiger partial charge in [-0.15, -0.1) is 0 Å². The fraction of sp³-hybridized carbons (Fsp3) is 0.450. The van der Waals surface area contributed by atoms with Gasteiger partial charge in [-0.25, -0.2) is 9.59 Å². The average molecular weight is 657 g/mol. The minimum absolute atomic E-state index is 0.00922. The Hall–Kier alpha value is -4.30. The summed E-state index contributed by atoms with van der Waals surface area (Å²) in [6, 6.07) is 15.7. The van der Waals surface area contributed by atoms with Crippen molar-refractivity contribution in [2.75, 3.05) is 26.4 Å². The van der Waals surface area contributed by atoms with Crippen molar-refractivity contribution in [2.24, 2.45) is 0 Å². The lowest BCUT2D eigenvalue weighted by Crippen LogP contribution is -2.31. The Morgan fingerprint density at radius 2 is 1.38 bits per heavy atom. The molecule has 2 aromatic heterocycles. The molecule has 0 amide bonds. The Labute approximate surface area is 283 Å². The largest absolute Gasteiger partial charge is 0.493 e. The van der Waals surface area contributed by atoms with E-state index in [-0.39, 0.29) is 22.4 Å². The Morgan fingerprint density at radius 1 is 0.750 bits per heavy atom. The number of hydrogen-bond donors (Lipinski definition) is 0. The van der Waals surface area contributed by atoms with Gasteiger partial charge in [0.25, 0.3) is 0 Å². The number of esters is 2. The van der Waals surface area contributed by atoms with Gasteiger partial charge in [-0.05, 0) is 103 Å². The Morgan fingerprint density at radius 3 is 2.00 bits per heavy atom. The van der Waals surface area contributed by atoms with E-state index in [0.717, 1.165) is 36.9 Å². The van der Waals surface area contributed by atoms with Crippen LogP contribution in [0.15, 0.2) is 57.4 Å². The number of ether oxygens (including phenoxy) is 4. The van der Waals surface area contributed by atoms with Crippen molar-refractivity contribution in [1.29, 1.82) is 0 Å². The third-order valence-corrected chi connectivity index (χ3v) is 9.25. The van der Waals surface area contributed by atoms with E-state index in [4.69, 9.17) is 27.8 Å². The van der Waals surface area contributed by atoms with Crippen LogP contribution in [0.2, 0.25) is 0 Å². The first kappa shape index (κ1) is 35.0. The second kappa shape index (κ2) is 14.4. The molecule has 256 valence electrons. The lowest BCUT2D eigenvalue weighted by molar-refractivity contribution is 0.0479. The van der Waals surface area contributed by atoms with Crippen molar-refractivity contribution in [3.8, 4) is 5.75 Å². The van der Waals surface area contributed by atoms with Gasteiger partial charge in [0.15, 0.2) is 0 Å². The first-order chi connectivity index (χ1) is 22.8.